The fourth-order valence-corrected chi connectivity index (χ4v) is 16.6. The number of ether oxygens (including phenoxy) is 23. The third-order valence-electron chi connectivity index (χ3n) is 19.7. The summed E-state index contributed by atoms with van der Waals surface area (Å²) in [5, 5.41) is 31.8. The number of hydrogen-bond donors (Lipinski definition) is 6. The molecule has 124 heavy (non-hydrogen) atoms. The van der Waals surface area contributed by atoms with Crippen molar-refractivity contribution in [3.05, 3.63) is 99.3 Å². The highest BCUT2D eigenvalue weighted by molar-refractivity contribution is 7.48. The van der Waals surface area contributed by atoms with Crippen LogP contribution >= 0.6 is 15.6 Å². The number of phosphoric acid groups is 2. The molecule has 2 spiro atoms. The Labute approximate surface area is 701 Å². The zero-order valence-electron chi connectivity index (χ0n) is 69.2. The van der Waals surface area contributed by atoms with Gasteiger partial charge >= 0.3 is 57.3 Å². The summed E-state index contributed by atoms with van der Waals surface area (Å²) in [6.07, 6.45) is -9.87. The molecule has 12 atom stereocenters. The van der Waals surface area contributed by atoms with Crippen molar-refractivity contribution in [1.82, 2.24) is 28.7 Å². The second kappa shape index (κ2) is 44.9. The van der Waals surface area contributed by atoms with Crippen LogP contribution in [0.3, 0.4) is 0 Å². The van der Waals surface area contributed by atoms with E-state index in [0.717, 1.165) is 53.4 Å². The number of nitrogens with one attached hydrogen (secondary N) is 3. The van der Waals surface area contributed by atoms with Crippen LogP contribution in [0.25, 0.3) is 0 Å². The number of halogens is 3. The highest BCUT2D eigenvalue weighted by atomic mass is 31.2. The molecule has 7 aliphatic rings. The van der Waals surface area contributed by atoms with Gasteiger partial charge in [-0.3, -0.25) is 43.0 Å². The number of hydrogen-bond acceptors (Lipinski definition) is 44. The van der Waals surface area contributed by atoms with Crippen LogP contribution < -0.4 is 33.7 Å². The van der Waals surface area contributed by atoms with Gasteiger partial charge in [0, 0.05) is 119 Å². The molecule has 50 nitrogen and oxygen atoms in total. The largest absolute Gasteiger partial charge is 0.510 e. The summed E-state index contributed by atoms with van der Waals surface area (Å²) in [4.78, 5) is 127. The lowest BCUT2D eigenvalue weighted by molar-refractivity contribution is -0.294. The number of rotatable bonds is 43. The number of phosphoric ester groups is 2. The summed E-state index contributed by atoms with van der Waals surface area (Å²) in [6.45, 7) is -6.49. The maximum Gasteiger partial charge on any atom is 0.510 e. The molecule has 5 saturated heterocycles. The predicted molar refractivity (Wildman–Crippen MR) is 397 cm³/mol. The Kier molecular flexibility index (Phi) is 36.9. The second-order valence-corrected chi connectivity index (χ2v) is 32.1. The number of aliphatic hydroxyl groups is 3. The Bertz CT molecular complexity index is 4340. The third kappa shape index (κ3) is 24.6. The zero-order valence-corrected chi connectivity index (χ0v) is 70.9. The van der Waals surface area contributed by atoms with Crippen molar-refractivity contribution in [3.8, 4) is 0 Å². The Hall–Kier alpha value is -7.59. The average Bonchev–Trinajstić information content (AvgIpc) is 1.55. The number of aromatic amines is 3. The molecule has 3 aromatic rings. The molecular weight excluding hydrogens is 1740 g/mol. The first-order valence-electron chi connectivity index (χ1n) is 37.8. The quantitative estimate of drug-likeness (QED) is 0.0203. The number of carbonyl (C=O) groups is 4. The summed E-state index contributed by atoms with van der Waals surface area (Å²) >= 11 is 0. The van der Waals surface area contributed by atoms with Crippen LogP contribution in [-0.4, -0.2) is 320 Å². The van der Waals surface area contributed by atoms with E-state index < -0.39 is 235 Å². The van der Waals surface area contributed by atoms with Crippen molar-refractivity contribution < 1.29 is 193 Å². The van der Waals surface area contributed by atoms with Crippen LogP contribution in [0.1, 0.15) is 90.8 Å². The molecule has 0 radical (unpaired) electrons. The van der Waals surface area contributed by atoms with Crippen LogP contribution in [0.4, 0.5) is 32.3 Å². The Morgan fingerprint density at radius 2 is 0.742 bits per heavy atom. The summed E-state index contributed by atoms with van der Waals surface area (Å²) in [7, 11) is 0.148. The number of aromatic nitrogens is 6. The van der Waals surface area contributed by atoms with Gasteiger partial charge in [0.25, 0.3) is 16.7 Å². The lowest BCUT2D eigenvalue weighted by Crippen LogP contribution is -2.52. The van der Waals surface area contributed by atoms with Gasteiger partial charge < -0.3 is 124 Å². The van der Waals surface area contributed by atoms with Gasteiger partial charge in [0.05, 0.1) is 59.5 Å². The first kappa shape index (κ1) is 102. The Balaban J connectivity index is 0.000000243. The van der Waals surface area contributed by atoms with Gasteiger partial charge in [0.15, 0.2) is 66.4 Å². The van der Waals surface area contributed by atoms with E-state index in [1.807, 2.05) is 4.98 Å². The molecule has 8 heterocycles. The van der Waals surface area contributed by atoms with Gasteiger partial charge in [0.2, 0.25) is 38.7 Å². The number of H-pyrrole nitrogens is 3. The van der Waals surface area contributed by atoms with Crippen molar-refractivity contribution >= 4 is 40.3 Å². The highest BCUT2D eigenvalue weighted by Gasteiger charge is 2.76. The van der Waals surface area contributed by atoms with E-state index in [4.69, 9.17) is 136 Å². The molecule has 10 rings (SSSR count). The summed E-state index contributed by atoms with van der Waals surface area (Å²) in [5.41, 5.74) is -11.9. The number of methoxy groups -OCH3 is 8. The van der Waals surface area contributed by atoms with E-state index in [9.17, 15) is 81.2 Å². The van der Waals surface area contributed by atoms with Crippen LogP contribution in [0.5, 0.6) is 0 Å². The van der Waals surface area contributed by atoms with Crippen LogP contribution in [0, 0.1) is 0 Å². The van der Waals surface area contributed by atoms with E-state index in [0.29, 0.717) is 43.1 Å². The molecule has 2 saturated carbocycles. The summed E-state index contributed by atoms with van der Waals surface area (Å²) in [6, 6.07) is 3.07. The molecule has 5 aliphatic heterocycles. The minimum atomic E-state index is -5.36. The van der Waals surface area contributed by atoms with Gasteiger partial charge in [-0.05, 0) is 46.5 Å². The summed E-state index contributed by atoms with van der Waals surface area (Å²) < 4.78 is 226. The minimum Gasteiger partial charge on any atom is -0.426 e. The lowest BCUT2D eigenvalue weighted by atomic mass is 9.88. The van der Waals surface area contributed by atoms with Crippen molar-refractivity contribution in [3.63, 3.8) is 0 Å². The minimum absolute atomic E-state index is 0.0583. The van der Waals surface area contributed by atoms with Crippen molar-refractivity contribution in [2.75, 3.05) is 164 Å². The van der Waals surface area contributed by atoms with E-state index in [2.05, 4.69) is 9.97 Å². The molecule has 6 N–H and O–H groups in total. The molecule has 7 fully saturated rings. The van der Waals surface area contributed by atoms with Gasteiger partial charge in [0.1, 0.15) is 49.0 Å². The molecule has 2 aliphatic carbocycles. The van der Waals surface area contributed by atoms with E-state index in [1.54, 1.807) is 6.92 Å². The smallest absolute Gasteiger partial charge is 0.426 e. The standard InChI is InChI=1S/C29H44FN2O19P.C24H38FN2O19P.C16H21FN2O6/c1-27-22(48-28(50-27)9-6-7-10-28)29(16-30,49-23(27)32-11-8-21(33)31-24(32)34)51-52(37,44-17-42-25(35)46-19(12-38-2)13-39-3)45-18-43-26(36)47-20(14-40-4)15-41-5;1-23(33)18(29)24(12-25,45-19(23)27-7-6-17(28)26-20(27)30)46-47(34,41-13-39-21(31)43-15(8-35-2)9-36-3)42-14-40-22(32)44-16(10-37-4)11-38-5;1-14-11(23-16(25-14)5-2-3-6-16)15(8-17,9-20)24-12(14)19-7-4-10(21)18-13(19)22/h8,11,19-20,22-23H,6-7,9-10,12-18H2,1-5H3,(H,31,33,34);6-7,15-16,18-19,29,33H,8-14H2,1-5H3,(H,26,28,30);4,7,11-12,20H,2-3,5-6,8-9H2,1H3,(H,18,21,22)/t22-,23+,27+,29+;18-,19+,23+,24+;11-,12+,14+,15+/m000/s1. The first-order valence-corrected chi connectivity index (χ1v) is 40.7. The molecule has 0 bridgehead atoms. The third-order valence-corrected chi connectivity index (χ3v) is 22.4. The predicted octanol–water partition coefficient (Wildman–Crippen LogP) is 1.63. The normalized spacial score (nSPS) is 27.1. The molecule has 704 valence electrons. The first-order chi connectivity index (χ1) is 58.9. The van der Waals surface area contributed by atoms with Crippen molar-refractivity contribution in [2.45, 2.75) is 179 Å². The van der Waals surface area contributed by atoms with Crippen LogP contribution in [-0.2, 0) is 145 Å². The van der Waals surface area contributed by atoms with Crippen LogP contribution in [0.2, 0.25) is 0 Å². The van der Waals surface area contributed by atoms with Crippen molar-refractivity contribution in [2.24, 2.45) is 0 Å². The molecular formula is C69H103F3N6O44P2. The fraction of sp³-hybridized carbons (Fsp3) is 0.768. The number of alkyl halides is 3. The second-order valence-electron chi connectivity index (χ2n) is 28.9. The maximum absolute atomic E-state index is 15.5. The van der Waals surface area contributed by atoms with E-state index in [-0.39, 0.29) is 52.9 Å². The fourth-order valence-electron chi connectivity index (χ4n) is 14.4. The van der Waals surface area contributed by atoms with Gasteiger partial charge in [-0.2, -0.15) is 0 Å². The van der Waals surface area contributed by atoms with Gasteiger partial charge in [-0.25, -0.2) is 83.0 Å². The Morgan fingerprint density at radius 1 is 0.452 bits per heavy atom. The van der Waals surface area contributed by atoms with Gasteiger partial charge in [-0.15, -0.1) is 0 Å². The van der Waals surface area contributed by atoms with Crippen LogP contribution in [0.15, 0.2) is 65.6 Å². The Morgan fingerprint density at radius 3 is 1.04 bits per heavy atom. The van der Waals surface area contributed by atoms with E-state index in [1.165, 1.54) is 76.1 Å². The zero-order chi connectivity index (χ0) is 91.1. The number of nitrogens with zero attached hydrogens (tertiary/aromatic N) is 3. The number of carbonyl (C=O) groups excluding carboxylic acids is 4. The van der Waals surface area contributed by atoms with E-state index >= 15 is 4.39 Å². The SMILES string of the molecule is COCC(COC)OC(=O)OCOP(=O)(OCOC(=O)OC(COC)COC)O[C@@]1(CF)O[C@@H](n2ccc(=O)[nH]c2=O)[C@](C)(O)[C@@H]1O.COCC(COC)OC(=O)OCOP(=O)(OCOC(=O)OC(COC)COC)O[C@@]1(CF)O[C@@H](n2ccc(=O)[nH]c2=O)[C@]2(C)OC3(CCCC3)O[C@H]12.C[C@@]12OC3(CCCC3)O[C@@H]1[C@](CO)(CF)O[C@H]2n1ccc(=O)[nH]c1=O. The molecule has 0 amide bonds. The molecule has 3 aromatic heterocycles. The summed E-state index contributed by atoms with van der Waals surface area (Å²) in [5.74, 6) is -7.92. The maximum atomic E-state index is 15.5. The lowest BCUT2D eigenvalue weighted by Gasteiger charge is -2.34. The highest BCUT2D eigenvalue weighted by Crippen LogP contribution is 2.65. The topological polar surface area (TPSA) is 595 Å². The van der Waals surface area contributed by atoms with Gasteiger partial charge in [-0.1, -0.05) is 0 Å². The molecule has 0 unspecified atom stereocenters. The average molecular weight is 1840 g/mol. The molecule has 0 aromatic carbocycles. The monoisotopic (exact) mass is 1840 g/mol. The van der Waals surface area contributed by atoms with Crippen molar-refractivity contribution in [1.29, 1.82) is 0 Å². The number of aliphatic hydroxyl groups excluding tert-OH is 2. The molecule has 55 heteroatoms. The number of fused-ring (bicyclic) bond motifs is 2.